The van der Waals surface area contributed by atoms with Gasteiger partial charge in [-0.25, -0.2) is 4.79 Å². The fraction of sp³-hybridized carbons (Fsp3) is 0.240. The van der Waals surface area contributed by atoms with Crippen molar-refractivity contribution in [1.29, 1.82) is 0 Å². The fourth-order valence-electron chi connectivity index (χ4n) is 4.33. The van der Waals surface area contributed by atoms with Crippen molar-refractivity contribution in [3.8, 4) is 5.75 Å². The molecule has 0 saturated heterocycles. The van der Waals surface area contributed by atoms with Crippen molar-refractivity contribution < 1.29 is 29.0 Å². The standard InChI is InChI=1S/C25H24N2O6/c1-14(28)21-22(15-8-9-18(25(31)33-3)20(12-15)32-2)27(24(30)23(21)29)11-10-16-13-26-19-7-5-4-6-17(16)19/h4-9,12-13,22,26,29H,10-11H2,1-3H3/t22-/m1/s1. The summed E-state index contributed by atoms with van der Waals surface area (Å²) in [6.45, 7) is 1.59. The van der Waals surface area contributed by atoms with Crippen molar-refractivity contribution in [3.05, 3.63) is 76.7 Å². The first-order valence-electron chi connectivity index (χ1n) is 10.4. The number of fused-ring (bicyclic) bond motifs is 1. The number of para-hydroxylation sites is 1. The summed E-state index contributed by atoms with van der Waals surface area (Å²) >= 11 is 0. The van der Waals surface area contributed by atoms with Crippen molar-refractivity contribution in [2.75, 3.05) is 20.8 Å². The maximum atomic E-state index is 13.0. The van der Waals surface area contributed by atoms with E-state index in [1.165, 1.54) is 32.1 Å². The number of ketones is 1. The van der Waals surface area contributed by atoms with Crippen LogP contribution in [0.1, 0.15) is 34.5 Å². The number of aromatic nitrogens is 1. The highest BCUT2D eigenvalue weighted by Crippen LogP contribution is 2.39. The summed E-state index contributed by atoms with van der Waals surface area (Å²) in [5.74, 6) is -1.89. The molecule has 1 aromatic heterocycles. The molecule has 0 unspecified atom stereocenters. The molecule has 0 saturated carbocycles. The number of hydrogen-bond acceptors (Lipinski definition) is 6. The van der Waals surface area contributed by atoms with Gasteiger partial charge in [0.25, 0.3) is 5.91 Å². The number of esters is 1. The molecule has 8 heteroatoms. The third-order valence-corrected chi connectivity index (χ3v) is 5.93. The number of aliphatic hydroxyl groups excluding tert-OH is 1. The highest BCUT2D eigenvalue weighted by molar-refractivity contribution is 6.08. The van der Waals surface area contributed by atoms with Gasteiger partial charge in [0.05, 0.1) is 25.8 Å². The van der Waals surface area contributed by atoms with E-state index in [2.05, 4.69) is 4.98 Å². The number of amides is 1. The van der Waals surface area contributed by atoms with E-state index in [0.717, 1.165) is 16.5 Å². The zero-order valence-corrected chi connectivity index (χ0v) is 18.5. The number of H-pyrrole nitrogens is 1. The first kappa shape index (κ1) is 22.1. The van der Waals surface area contributed by atoms with Crippen molar-refractivity contribution in [1.82, 2.24) is 9.88 Å². The van der Waals surface area contributed by atoms with E-state index in [1.807, 2.05) is 30.5 Å². The molecule has 0 spiro atoms. The number of nitrogens with zero attached hydrogens (tertiary/aromatic N) is 1. The van der Waals surface area contributed by atoms with Gasteiger partial charge < -0.3 is 24.5 Å². The van der Waals surface area contributed by atoms with Gasteiger partial charge in [-0.3, -0.25) is 9.59 Å². The average molecular weight is 448 g/mol. The predicted octanol–water partition coefficient (Wildman–Crippen LogP) is 3.49. The number of aromatic amines is 1. The molecule has 2 heterocycles. The number of nitrogens with one attached hydrogen (secondary N) is 1. The highest BCUT2D eigenvalue weighted by atomic mass is 16.5. The van der Waals surface area contributed by atoms with Gasteiger partial charge in [0, 0.05) is 23.6 Å². The summed E-state index contributed by atoms with van der Waals surface area (Å²) in [5.41, 5.74) is 2.79. The van der Waals surface area contributed by atoms with Gasteiger partial charge in [0.1, 0.15) is 11.3 Å². The molecule has 1 atom stereocenters. The molecule has 0 bridgehead atoms. The lowest BCUT2D eigenvalue weighted by molar-refractivity contribution is -0.129. The second-order valence-electron chi connectivity index (χ2n) is 7.78. The van der Waals surface area contributed by atoms with Crippen LogP contribution in [-0.4, -0.2) is 53.4 Å². The Balaban J connectivity index is 1.71. The topological polar surface area (TPSA) is 109 Å². The first-order chi connectivity index (χ1) is 15.9. The smallest absolute Gasteiger partial charge is 0.341 e. The Morgan fingerprint density at radius 1 is 1.15 bits per heavy atom. The van der Waals surface area contributed by atoms with Crippen LogP contribution in [0.3, 0.4) is 0 Å². The second-order valence-corrected chi connectivity index (χ2v) is 7.78. The molecule has 4 rings (SSSR count). The number of aliphatic hydroxyl groups is 1. The third-order valence-electron chi connectivity index (χ3n) is 5.93. The van der Waals surface area contributed by atoms with Gasteiger partial charge in [0.2, 0.25) is 0 Å². The van der Waals surface area contributed by atoms with Gasteiger partial charge in [0.15, 0.2) is 11.5 Å². The van der Waals surface area contributed by atoms with E-state index in [1.54, 1.807) is 12.1 Å². The van der Waals surface area contributed by atoms with Crippen LogP contribution >= 0.6 is 0 Å². The molecule has 3 aromatic rings. The van der Waals surface area contributed by atoms with Crippen LogP contribution in [0.25, 0.3) is 10.9 Å². The minimum atomic E-state index is -0.805. The van der Waals surface area contributed by atoms with Crippen LogP contribution in [0.2, 0.25) is 0 Å². The maximum Gasteiger partial charge on any atom is 0.341 e. The molecule has 33 heavy (non-hydrogen) atoms. The highest BCUT2D eigenvalue weighted by Gasteiger charge is 2.42. The lowest BCUT2D eigenvalue weighted by Gasteiger charge is -2.27. The van der Waals surface area contributed by atoms with Gasteiger partial charge in [-0.05, 0) is 42.7 Å². The maximum absolute atomic E-state index is 13.0. The Morgan fingerprint density at radius 3 is 2.61 bits per heavy atom. The van der Waals surface area contributed by atoms with E-state index in [-0.39, 0.29) is 23.4 Å². The minimum Gasteiger partial charge on any atom is -0.503 e. The molecule has 2 N–H and O–H groups in total. The van der Waals surface area contributed by atoms with E-state index in [0.29, 0.717) is 12.0 Å². The van der Waals surface area contributed by atoms with Crippen molar-refractivity contribution in [2.24, 2.45) is 0 Å². The minimum absolute atomic E-state index is 0.0202. The van der Waals surface area contributed by atoms with Gasteiger partial charge in [-0.2, -0.15) is 0 Å². The molecule has 1 aliphatic heterocycles. The summed E-state index contributed by atoms with van der Waals surface area (Å²) in [4.78, 5) is 42.1. The number of carbonyl (C=O) groups excluding carboxylic acids is 3. The zero-order valence-electron chi connectivity index (χ0n) is 18.5. The Morgan fingerprint density at radius 2 is 1.91 bits per heavy atom. The molecule has 1 amide bonds. The van der Waals surface area contributed by atoms with Crippen LogP contribution in [-0.2, 0) is 20.7 Å². The quantitative estimate of drug-likeness (QED) is 0.536. The van der Waals surface area contributed by atoms with Crippen LogP contribution in [0, 0.1) is 0 Å². The van der Waals surface area contributed by atoms with Crippen LogP contribution in [0.4, 0.5) is 0 Å². The molecular weight excluding hydrogens is 424 g/mol. The SMILES string of the molecule is COC(=O)c1ccc([C@@H]2C(C(C)=O)=C(O)C(=O)N2CCc2c[nH]c3ccccc23)cc1OC. The Hall–Kier alpha value is -4.07. The molecule has 1 aliphatic rings. The molecule has 0 aliphatic carbocycles. The molecular formula is C25H24N2O6. The summed E-state index contributed by atoms with van der Waals surface area (Å²) in [6, 6.07) is 11.8. The summed E-state index contributed by atoms with van der Waals surface area (Å²) in [5, 5.41) is 11.6. The zero-order chi connectivity index (χ0) is 23.7. The first-order valence-corrected chi connectivity index (χ1v) is 10.4. The number of benzene rings is 2. The second kappa shape index (κ2) is 8.82. The summed E-state index contributed by atoms with van der Waals surface area (Å²) in [7, 11) is 2.69. The lowest BCUT2D eigenvalue weighted by Crippen LogP contribution is -2.33. The molecule has 0 fully saturated rings. The molecule has 170 valence electrons. The van der Waals surface area contributed by atoms with Gasteiger partial charge in [-0.1, -0.05) is 24.3 Å². The fourth-order valence-corrected chi connectivity index (χ4v) is 4.33. The van der Waals surface area contributed by atoms with Crippen LogP contribution < -0.4 is 4.74 Å². The van der Waals surface area contributed by atoms with Gasteiger partial charge in [-0.15, -0.1) is 0 Å². The Bertz CT molecular complexity index is 1290. The Labute approximate surface area is 190 Å². The van der Waals surface area contributed by atoms with E-state index < -0.39 is 29.5 Å². The van der Waals surface area contributed by atoms with E-state index in [9.17, 15) is 19.5 Å². The molecule has 0 radical (unpaired) electrons. The number of ether oxygens (including phenoxy) is 2. The summed E-state index contributed by atoms with van der Waals surface area (Å²) < 4.78 is 10.1. The van der Waals surface area contributed by atoms with Crippen molar-refractivity contribution >= 4 is 28.6 Å². The third kappa shape index (κ3) is 3.84. The van der Waals surface area contributed by atoms with Crippen molar-refractivity contribution in [2.45, 2.75) is 19.4 Å². The summed E-state index contributed by atoms with van der Waals surface area (Å²) in [6.07, 6.45) is 2.41. The average Bonchev–Trinajstić information content (AvgIpc) is 3.35. The predicted molar refractivity (Wildman–Crippen MR) is 121 cm³/mol. The van der Waals surface area contributed by atoms with Gasteiger partial charge >= 0.3 is 5.97 Å². The molecule has 8 nitrogen and oxygen atoms in total. The van der Waals surface area contributed by atoms with Crippen molar-refractivity contribution in [3.63, 3.8) is 0 Å². The number of rotatable bonds is 7. The normalized spacial score (nSPS) is 15.9. The molecule has 2 aromatic carbocycles. The number of carbonyl (C=O) groups is 3. The monoisotopic (exact) mass is 448 g/mol. The van der Waals surface area contributed by atoms with E-state index >= 15 is 0 Å². The van der Waals surface area contributed by atoms with E-state index in [4.69, 9.17) is 9.47 Å². The number of Topliss-reactive ketones (excluding diaryl/α,β-unsaturated/α-hetero) is 1. The van der Waals surface area contributed by atoms with Crippen LogP contribution in [0.5, 0.6) is 5.75 Å². The number of methoxy groups -OCH3 is 2. The Kier molecular flexibility index (Phi) is 5.91. The van der Waals surface area contributed by atoms with Crippen LogP contribution in [0.15, 0.2) is 60.0 Å². The largest absolute Gasteiger partial charge is 0.503 e. The lowest BCUT2D eigenvalue weighted by atomic mass is 9.95. The number of hydrogen-bond donors (Lipinski definition) is 2.